The number of rotatable bonds is 3. The van der Waals surface area contributed by atoms with Crippen LogP contribution in [0.3, 0.4) is 0 Å². The highest BCUT2D eigenvalue weighted by Gasteiger charge is 2.28. The van der Waals surface area contributed by atoms with Crippen molar-refractivity contribution in [2.45, 2.75) is 18.4 Å². The Hall–Kier alpha value is -3.25. The highest BCUT2D eigenvalue weighted by atomic mass is 32.2. The molecule has 0 saturated carbocycles. The third kappa shape index (κ3) is 3.25. The molecule has 4 aromatic rings. The molecule has 0 aliphatic carbocycles. The molecule has 1 amide bonds. The number of fused-ring (bicyclic) bond motifs is 2. The first-order chi connectivity index (χ1) is 14.1. The average Bonchev–Trinajstić information content (AvgIpc) is 3.25. The number of carbonyl (C=O) groups excluding carboxylic acids is 1. The molecular weight excluding hydrogens is 382 g/mol. The summed E-state index contributed by atoms with van der Waals surface area (Å²) < 4.78 is 13.8. The first-order valence-corrected chi connectivity index (χ1v) is 10.9. The minimum atomic E-state index is -0.972. The Morgan fingerprint density at radius 3 is 2.55 bits per heavy atom. The van der Waals surface area contributed by atoms with E-state index in [1.165, 1.54) is 0 Å². The van der Waals surface area contributed by atoms with Crippen LogP contribution in [0.15, 0.2) is 66.7 Å². The number of aryl methyl sites for hydroxylation is 1. The summed E-state index contributed by atoms with van der Waals surface area (Å²) in [5, 5.41) is 9.78. The summed E-state index contributed by atoms with van der Waals surface area (Å²) in [4.78, 5) is 13.0. The molecule has 0 spiro atoms. The lowest BCUT2D eigenvalue weighted by molar-refractivity contribution is 0.102. The van der Waals surface area contributed by atoms with Crippen molar-refractivity contribution in [3.8, 4) is 5.69 Å². The molecule has 6 heteroatoms. The molecule has 1 aliphatic heterocycles. The Morgan fingerprint density at radius 1 is 1.00 bits per heavy atom. The second-order valence-corrected chi connectivity index (χ2v) is 8.72. The Labute approximate surface area is 170 Å². The fourth-order valence-corrected chi connectivity index (χ4v) is 4.90. The number of hydrogen-bond acceptors (Lipinski definition) is 3. The molecule has 3 aromatic carbocycles. The van der Waals surface area contributed by atoms with Gasteiger partial charge in [-0.15, -0.1) is 0 Å². The van der Waals surface area contributed by atoms with Crippen LogP contribution in [0.1, 0.15) is 27.2 Å². The molecule has 1 N–H and O–H groups in total. The largest absolute Gasteiger partial charge is 0.306 e. The van der Waals surface area contributed by atoms with E-state index in [4.69, 9.17) is 0 Å². The van der Waals surface area contributed by atoms with Crippen LogP contribution in [0.4, 0.5) is 5.82 Å². The van der Waals surface area contributed by atoms with E-state index >= 15 is 0 Å². The number of benzene rings is 3. The first kappa shape index (κ1) is 17.8. The van der Waals surface area contributed by atoms with Gasteiger partial charge in [-0.1, -0.05) is 48.0 Å². The number of anilines is 1. The van der Waals surface area contributed by atoms with Crippen LogP contribution < -0.4 is 5.32 Å². The molecule has 5 rings (SSSR count). The molecule has 1 aromatic heterocycles. The summed E-state index contributed by atoms with van der Waals surface area (Å²) in [5.74, 6) is 1.24. The van der Waals surface area contributed by atoms with Crippen molar-refractivity contribution < 1.29 is 9.00 Å². The Balaban J connectivity index is 1.55. The number of nitrogens with one attached hydrogen (secondary N) is 1. The van der Waals surface area contributed by atoms with Crippen molar-refractivity contribution in [2.24, 2.45) is 0 Å². The van der Waals surface area contributed by atoms with E-state index in [2.05, 4.69) is 10.4 Å². The van der Waals surface area contributed by atoms with Crippen molar-refractivity contribution in [1.29, 1.82) is 0 Å². The molecule has 144 valence electrons. The maximum Gasteiger partial charge on any atom is 0.256 e. The fraction of sp³-hybridized carbons (Fsp3) is 0.130. The number of carbonyl (C=O) groups is 1. The average molecular weight is 401 g/mol. The number of amides is 1. The Kier molecular flexibility index (Phi) is 4.28. The van der Waals surface area contributed by atoms with Gasteiger partial charge in [0.1, 0.15) is 5.82 Å². The van der Waals surface area contributed by atoms with Crippen LogP contribution >= 0.6 is 0 Å². The summed E-state index contributed by atoms with van der Waals surface area (Å²) >= 11 is 0. The van der Waals surface area contributed by atoms with Gasteiger partial charge in [-0.05, 0) is 42.0 Å². The zero-order valence-corrected chi connectivity index (χ0v) is 16.7. The van der Waals surface area contributed by atoms with Gasteiger partial charge in [0.25, 0.3) is 5.91 Å². The van der Waals surface area contributed by atoms with E-state index < -0.39 is 10.8 Å². The molecule has 0 saturated heterocycles. The molecule has 0 fully saturated rings. The molecule has 1 atom stereocenters. The number of aromatic nitrogens is 2. The Morgan fingerprint density at radius 2 is 1.76 bits per heavy atom. The second kappa shape index (κ2) is 6.97. The van der Waals surface area contributed by atoms with E-state index in [-0.39, 0.29) is 5.91 Å². The van der Waals surface area contributed by atoms with Gasteiger partial charge in [0, 0.05) is 21.9 Å². The highest BCUT2D eigenvalue weighted by molar-refractivity contribution is 7.83. The summed E-state index contributed by atoms with van der Waals surface area (Å²) in [5.41, 5.74) is 4.24. The topological polar surface area (TPSA) is 64.0 Å². The normalized spacial score (nSPS) is 15.4. The molecule has 5 nitrogen and oxygen atoms in total. The van der Waals surface area contributed by atoms with Gasteiger partial charge in [0.2, 0.25) is 0 Å². The molecule has 0 bridgehead atoms. The maximum atomic E-state index is 13.0. The predicted octanol–water partition coefficient (Wildman–Crippen LogP) is 4.35. The van der Waals surface area contributed by atoms with Crippen LogP contribution in [-0.4, -0.2) is 19.9 Å². The van der Waals surface area contributed by atoms with E-state index in [0.717, 1.165) is 33.3 Å². The first-order valence-electron chi connectivity index (χ1n) is 9.41. The fourth-order valence-electron chi connectivity index (χ4n) is 3.64. The third-order valence-electron chi connectivity index (χ3n) is 5.19. The van der Waals surface area contributed by atoms with Crippen LogP contribution in [0, 0.1) is 6.92 Å². The summed E-state index contributed by atoms with van der Waals surface area (Å²) in [6.45, 7) is 2.03. The minimum Gasteiger partial charge on any atom is -0.306 e. The van der Waals surface area contributed by atoms with Crippen molar-refractivity contribution in [3.63, 3.8) is 0 Å². The monoisotopic (exact) mass is 401 g/mol. The summed E-state index contributed by atoms with van der Waals surface area (Å²) in [7, 11) is -0.972. The van der Waals surface area contributed by atoms with Gasteiger partial charge in [-0.3, -0.25) is 9.00 Å². The smallest absolute Gasteiger partial charge is 0.256 e. The van der Waals surface area contributed by atoms with Gasteiger partial charge >= 0.3 is 0 Å². The quantitative estimate of drug-likeness (QED) is 0.555. The summed E-state index contributed by atoms with van der Waals surface area (Å²) in [6, 6.07) is 21.6. The van der Waals surface area contributed by atoms with Crippen molar-refractivity contribution in [1.82, 2.24) is 9.78 Å². The molecular formula is C23H19N3O2S. The van der Waals surface area contributed by atoms with Crippen LogP contribution in [-0.2, 0) is 22.3 Å². The minimum absolute atomic E-state index is 0.204. The lowest BCUT2D eigenvalue weighted by Crippen LogP contribution is -2.16. The van der Waals surface area contributed by atoms with Crippen LogP contribution in [0.5, 0.6) is 0 Å². The van der Waals surface area contributed by atoms with Crippen LogP contribution in [0.25, 0.3) is 16.5 Å². The zero-order valence-electron chi connectivity index (χ0n) is 15.9. The van der Waals surface area contributed by atoms with Crippen LogP contribution in [0.2, 0.25) is 0 Å². The predicted molar refractivity (Wildman–Crippen MR) is 116 cm³/mol. The maximum absolute atomic E-state index is 13.0. The SMILES string of the molecule is Cc1ccc(-n2nc3c(c2NC(=O)c2ccc4ccccc4c2)C[S@](=O)C3)cc1. The van der Waals surface area contributed by atoms with E-state index in [0.29, 0.717) is 22.9 Å². The Bertz CT molecular complexity index is 1280. The van der Waals surface area contributed by atoms with Crippen molar-refractivity contribution >= 4 is 33.3 Å². The zero-order chi connectivity index (χ0) is 20.0. The van der Waals surface area contributed by atoms with Gasteiger partial charge in [0.15, 0.2) is 0 Å². The highest BCUT2D eigenvalue weighted by Crippen LogP contribution is 2.32. The van der Waals surface area contributed by atoms with E-state index in [1.807, 2.05) is 73.7 Å². The standard InChI is InChI=1S/C23H19N3O2S/c1-15-6-10-19(11-7-15)26-22(20-13-29(28)14-21(20)25-26)24-23(27)18-9-8-16-4-2-3-5-17(16)12-18/h2-12H,13-14H2,1H3,(H,24,27)/t29-/m0/s1. The molecule has 1 aliphatic rings. The summed E-state index contributed by atoms with van der Waals surface area (Å²) in [6.07, 6.45) is 0. The van der Waals surface area contributed by atoms with Gasteiger partial charge in [-0.2, -0.15) is 5.10 Å². The number of nitrogens with zero attached hydrogens (tertiary/aromatic N) is 2. The third-order valence-corrected chi connectivity index (χ3v) is 6.40. The molecule has 0 unspecified atom stereocenters. The lowest BCUT2D eigenvalue weighted by atomic mass is 10.1. The second-order valence-electron chi connectivity index (χ2n) is 7.27. The van der Waals surface area contributed by atoms with E-state index in [9.17, 15) is 9.00 Å². The van der Waals surface area contributed by atoms with Crippen molar-refractivity contribution in [3.05, 3.63) is 89.1 Å². The molecule has 29 heavy (non-hydrogen) atoms. The van der Waals surface area contributed by atoms with E-state index in [1.54, 1.807) is 4.68 Å². The van der Waals surface area contributed by atoms with Gasteiger partial charge < -0.3 is 5.32 Å². The molecule has 0 radical (unpaired) electrons. The number of hydrogen-bond donors (Lipinski definition) is 1. The van der Waals surface area contributed by atoms with Gasteiger partial charge in [0.05, 0.1) is 22.9 Å². The van der Waals surface area contributed by atoms with Crippen molar-refractivity contribution in [2.75, 3.05) is 5.32 Å². The molecule has 2 heterocycles. The lowest BCUT2D eigenvalue weighted by Gasteiger charge is -2.12. The van der Waals surface area contributed by atoms with Gasteiger partial charge in [-0.25, -0.2) is 4.68 Å².